The molecule has 2 aromatic rings. The molecular formula is C23H22ClNO5. The van der Waals surface area contributed by atoms with Crippen LogP contribution in [0.4, 0.5) is 0 Å². The van der Waals surface area contributed by atoms with Crippen LogP contribution in [0.3, 0.4) is 0 Å². The smallest absolute Gasteiger partial charge is 0.305 e. The molecule has 2 N–H and O–H groups in total. The van der Waals surface area contributed by atoms with Crippen LogP contribution in [0, 0.1) is 0 Å². The maximum Gasteiger partial charge on any atom is 0.305 e. The molecule has 2 aromatic carbocycles. The third-order valence-corrected chi connectivity index (χ3v) is 5.40. The Morgan fingerprint density at radius 2 is 1.63 bits per heavy atom. The molecule has 0 spiro atoms. The van der Waals surface area contributed by atoms with Crippen molar-refractivity contribution in [3.63, 3.8) is 0 Å². The molecule has 6 nitrogen and oxygen atoms in total. The van der Waals surface area contributed by atoms with E-state index in [-0.39, 0.29) is 24.3 Å². The highest BCUT2D eigenvalue weighted by atomic mass is 35.5. The van der Waals surface area contributed by atoms with Crippen molar-refractivity contribution in [2.75, 3.05) is 6.54 Å². The van der Waals surface area contributed by atoms with Crippen molar-refractivity contribution in [1.29, 1.82) is 0 Å². The van der Waals surface area contributed by atoms with Crippen LogP contribution in [0.15, 0.2) is 54.1 Å². The number of carbonyl (C=O) groups excluding carboxylic acids is 2. The van der Waals surface area contributed by atoms with Crippen LogP contribution >= 0.6 is 11.6 Å². The molecule has 0 unspecified atom stereocenters. The molecule has 0 aliphatic carbocycles. The Kier molecular flexibility index (Phi) is 6.27. The van der Waals surface area contributed by atoms with Crippen molar-refractivity contribution in [1.82, 2.24) is 4.90 Å². The largest absolute Gasteiger partial charge is 0.507 e. The molecule has 1 fully saturated rings. The first-order chi connectivity index (χ1) is 14.2. The topological polar surface area (TPSA) is 94.9 Å². The number of halogens is 1. The number of rotatable bonds is 6. The summed E-state index contributed by atoms with van der Waals surface area (Å²) in [5, 5.41) is 20.4. The molecule has 1 aliphatic heterocycles. The van der Waals surface area contributed by atoms with Crippen molar-refractivity contribution >= 4 is 35.0 Å². The Bertz CT molecular complexity index is 1010. The van der Waals surface area contributed by atoms with Crippen LogP contribution in [0.25, 0.3) is 5.76 Å². The number of hydrogen-bond acceptors (Lipinski definition) is 4. The molecule has 0 aromatic heterocycles. The monoisotopic (exact) mass is 427 g/mol. The Labute approximate surface area is 179 Å². The number of Topliss-reactive ketones (excluding diaryl/α,β-unsaturated/α-hetero) is 1. The van der Waals surface area contributed by atoms with Crippen LogP contribution in [0.2, 0.25) is 5.02 Å². The minimum Gasteiger partial charge on any atom is -0.507 e. The number of ketones is 1. The number of nitrogens with zero attached hydrogens (tertiary/aromatic N) is 1. The van der Waals surface area contributed by atoms with E-state index >= 15 is 0 Å². The fraction of sp³-hybridized carbons (Fsp3) is 0.261. The van der Waals surface area contributed by atoms with Gasteiger partial charge in [-0.3, -0.25) is 14.4 Å². The summed E-state index contributed by atoms with van der Waals surface area (Å²) in [6, 6.07) is 12.8. The summed E-state index contributed by atoms with van der Waals surface area (Å²) in [5.74, 6) is -2.77. The van der Waals surface area contributed by atoms with E-state index < -0.39 is 23.7 Å². The number of hydrogen-bond donors (Lipinski definition) is 2. The molecule has 1 saturated heterocycles. The number of carboxylic acid groups (broad SMARTS) is 1. The normalized spacial score (nSPS) is 18.3. The van der Waals surface area contributed by atoms with E-state index in [0.29, 0.717) is 22.1 Å². The number of aliphatic carboxylic acids is 1. The molecule has 1 amide bonds. The van der Waals surface area contributed by atoms with Gasteiger partial charge in [-0.05, 0) is 41.3 Å². The molecule has 156 valence electrons. The van der Waals surface area contributed by atoms with E-state index in [1.807, 2.05) is 12.1 Å². The minimum absolute atomic E-state index is 0.0648. The minimum atomic E-state index is -1.08. The first-order valence-electron chi connectivity index (χ1n) is 9.56. The van der Waals surface area contributed by atoms with E-state index in [2.05, 4.69) is 13.8 Å². The van der Waals surface area contributed by atoms with Gasteiger partial charge in [0.25, 0.3) is 11.7 Å². The van der Waals surface area contributed by atoms with Gasteiger partial charge >= 0.3 is 5.97 Å². The predicted octanol–water partition coefficient (Wildman–Crippen LogP) is 4.36. The quantitative estimate of drug-likeness (QED) is 0.405. The molecule has 1 aliphatic rings. The number of amides is 1. The standard InChI is InChI=1S/C23H22ClNO5/c1-13(2)14-3-5-15(6-4-14)20-19(21(28)16-7-9-17(24)10-8-16)22(29)23(30)25(20)12-11-18(26)27/h3-10,13,20,28H,11-12H2,1-2H3,(H,26,27)/b21-19+/t20-/m1/s1. The Morgan fingerprint density at radius 3 is 2.17 bits per heavy atom. The van der Waals surface area contributed by atoms with Gasteiger partial charge < -0.3 is 15.1 Å². The van der Waals surface area contributed by atoms with Crippen LogP contribution in [-0.2, 0) is 14.4 Å². The summed E-state index contributed by atoms with van der Waals surface area (Å²) in [6.07, 6.45) is -0.311. The van der Waals surface area contributed by atoms with Gasteiger partial charge in [0.15, 0.2) is 0 Å². The highest BCUT2D eigenvalue weighted by Crippen LogP contribution is 2.39. The van der Waals surface area contributed by atoms with Crippen LogP contribution in [-0.4, -0.2) is 39.3 Å². The van der Waals surface area contributed by atoms with Gasteiger partial charge in [0.05, 0.1) is 18.0 Å². The molecule has 1 heterocycles. The third kappa shape index (κ3) is 4.24. The molecule has 1 atom stereocenters. The van der Waals surface area contributed by atoms with Gasteiger partial charge in [-0.25, -0.2) is 0 Å². The van der Waals surface area contributed by atoms with E-state index in [0.717, 1.165) is 5.56 Å². The van der Waals surface area contributed by atoms with Gasteiger partial charge in [-0.1, -0.05) is 49.7 Å². The zero-order chi connectivity index (χ0) is 22.0. The lowest BCUT2D eigenvalue weighted by atomic mass is 9.93. The van der Waals surface area contributed by atoms with Crippen molar-refractivity contribution in [2.45, 2.75) is 32.2 Å². The fourth-order valence-corrected chi connectivity index (χ4v) is 3.63. The molecule has 0 radical (unpaired) electrons. The Balaban J connectivity index is 2.13. The summed E-state index contributed by atoms with van der Waals surface area (Å²) < 4.78 is 0. The number of carboxylic acids is 1. The van der Waals surface area contributed by atoms with Crippen molar-refractivity contribution in [3.8, 4) is 0 Å². The number of benzene rings is 2. The molecule has 3 rings (SSSR count). The first-order valence-corrected chi connectivity index (χ1v) is 9.94. The van der Waals surface area contributed by atoms with E-state index in [1.165, 1.54) is 4.90 Å². The maximum atomic E-state index is 12.8. The van der Waals surface area contributed by atoms with Gasteiger partial charge in [-0.2, -0.15) is 0 Å². The summed E-state index contributed by atoms with van der Waals surface area (Å²) in [4.78, 5) is 37.8. The summed E-state index contributed by atoms with van der Waals surface area (Å²) in [5.41, 5.74) is 1.99. The second-order valence-electron chi connectivity index (χ2n) is 7.46. The van der Waals surface area contributed by atoms with Crippen molar-refractivity contribution < 1.29 is 24.6 Å². The zero-order valence-electron chi connectivity index (χ0n) is 16.6. The van der Waals surface area contributed by atoms with Crippen molar-refractivity contribution in [3.05, 3.63) is 75.8 Å². The zero-order valence-corrected chi connectivity index (χ0v) is 17.4. The second-order valence-corrected chi connectivity index (χ2v) is 7.90. The maximum absolute atomic E-state index is 12.8. The highest BCUT2D eigenvalue weighted by Gasteiger charge is 2.46. The van der Waals surface area contributed by atoms with Gasteiger partial charge in [0, 0.05) is 17.1 Å². The summed E-state index contributed by atoms with van der Waals surface area (Å²) >= 11 is 5.90. The average Bonchev–Trinajstić information content (AvgIpc) is 2.97. The van der Waals surface area contributed by atoms with Gasteiger partial charge in [0.1, 0.15) is 5.76 Å². The van der Waals surface area contributed by atoms with Crippen LogP contribution in [0.1, 0.15) is 48.9 Å². The van der Waals surface area contributed by atoms with E-state index in [1.54, 1.807) is 36.4 Å². The summed E-state index contributed by atoms with van der Waals surface area (Å²) in [6.45, 7) is 3.96. The number of likely N-dealkylation sites (tertiary alicyclic amines) is 1. The first kappa shape index (κ1) is 21.6. The van der Waals surface area contributed by atoms with Gasteiger partial charge in [0.2, 0.25) is 0 Å². The molecule has 0 bridgehead atoms. The number of aliphatic hydroxyl groups is 1. The summed E-state index contributed by atoms with van der Waals surface area (Å²) in [7, 11) is 0. The van der Waals surface area contributed by atoms with E-state index in [9.17, 15) is 19.5 Å². The molecule has 7 heteroatoms. The van der Waals surface area contributed by atoms with Crippen LogP contribution in [0.5, 0.6) is 0 Å². The number of carbonyl (C=O) groups is 3. The average molecular weight is 428 g/mol. The molecular weight excluding hydrogens is 406 g/mol. The lowest BCUT2D eigenvalue weighted by molar-refractivity contribution is -0.142. The third-order valence-electron chi connectivity index (χ3n) is 5.14. The lowest BCUT2D eigenvalue weighted by Crippen LogP contribution is -2.31. The highest BCUT2D eigenvalue weighted by molar-refractivity contribution is 6.46. The van der Waals surface area contributed by atoms with Gasteiger partial charge in [-0.15, -0.1) is 0 Å². The molecule has 0 saturated carbocycles. The number of aliphatic hydroxyl groups excluding tert-OH is 1. The lowest BCUT2D eigenvalue weighted by Gasteiger charge is -2.25. The van der Waals surface area contributed by atoms with Crippen LogP contribution < -0.4 is 0 Å². The fourth-order valence-electron chi connectivity index (χ4n) is 3.50. The van der Waals surface area contributed by atoms with Crippen molar-refractivity contribution in [2.24, 2.45) is 0 Å². The molecule has 30 heavy (non-hydrogen) atoms. The second kappa shape index (κ2) is 8.71. The predicted molar refractivity (Wildman–Crippen MR) is 113 cm³/mol. The van der Waals surface area contributed by atoms with E-state index in [4.69, 9.17) is 16.7 Å². The SMILES string of the molecule is CC(C)c1ccc([C@@H]2/C(=C(\O)c3ccc(Cl)cc3)C(=O)C(=O)N2CCC(=O)O)cc1. The Morgan fingerprint density at radius 1 is 1.03 bits per heavy atom. The Hall–Kier alpha value is -3.12.